The molecule has 0 aromatic heterocycles. The molecule has 144 valence electrons. The van der Waals surface area contributed by atoms with Gasteiger partial charge in [-0.3, -0.25) is 4.79 Å². The monoisotopic (exact) mass is 373 g/mol. The minimum atomic E-state index is -0.994. The van der Waals surface area contributed by atoms with E-state index in [4.69, 9.17) is 4.74 Å². The van der Waals surface area contributed by atoms with Crippen LogP contribution < -0.4 is 10.1 Å². The Morgan fingerprint density at radius 1 is 1.19 bits per heavy atom. The SMILES string of the molecule is O=C(NC[C@]1(O)CC[C@H](COc2ccccc2)CC1)c1ccc(O)cc1F. The molecule has 1 amide bonds. The van der Waals surface area contributed by atoms with Gasteiger partial charge in [0.2, 0.25) is 0 Å². The Balaban J connectivity index is 1.45. The molecular weight excluding hydrogens is 349 g/mol. The summed E-state index contributed by atoms with van der Waals surface area (Å²) in [6.07, 6.45) is 2.70. The molecule has 0 unspecified atom stereocenters. The zero-order valence-corrected chi connectivity index (χ0v) is 15.0. The van der Waals surface area contributed by atoms with E-state index < -0.39 is 17.3 Å². The highest BCUT2D eigenvalue weighted by Crippen LogP contribution is 2.32. The lowest BCUT2D eigenvalue weighted by Gasteiger charge is -2.36. The van der Waals surface area contributed by atoms with E-state index in [9.17, 15) is 19.4 Å². The molecule has 3 N–H and O–H groups in total. The van der Waals surface area contributed by atoms with Gasteiger partial charge in [-0.05, 0) is 55.9 Å². The standard InChI is InChI=1S/C21H24FNO4/c22-19-12-16(24)6-7-18(19)20(25)23-14-21(26)10-8-15(9-11-21)13-27-17-4-2-1-3-5-17/h1-7,12,15,24,26H,8-11,13-14H2,(H,23,25)/t15-,21-. The van der Waals surface area contributed by atoms with Crippen LogP contribution in [0.25, 0.3) is 0 Å². The van der Waals surface area contributed by atoms with Crippen LogP contribution in [0.1, 0.15) is 36.0 Å². The van der Waals surface area contributed by atoms with Crippen molar-refractivity contribution in [3.63, 3.8) is 0 Å². The smallest absolute Gasteiger partial charge is 0.254 e. The van der Waals surface area contributed by atoms with Crippen LogP contribution >= 0.6 is 0 Å². The molecular formula is C21H24FNO4. The van der Waals surface area contributed by atoms with Gasteiger partial charge in [0.1, 0.15) is 17.3 Å². The summed E-state index contributed by atoms with van der Waals surface area (Å²) >= 11 is 0. The highest BCUT2D eigenvalue weighted by Gasteiger charge is 2.34. The van der Waals surface area contributed by atoms with Crippen molar-refractivity contribution >= 4 is 5.91 Å². The number of benzene rings is 2. The molecule has 1 fully saturated rings. The third kappa shape index (κ3) is 5.20. The number of carbonyl (C=O) groups is 1. The molecule has 0 bridgehead atoms. The Bertz CT molecular complexity index is 773. The second-order valence-electron chi connectivity index (χ2n) is 7.14. The predicted octanol–water partition coefficient (Wildman–Crippen LogP) is 3.26. The summed E-state index contributed by atoms with van der Waals surface area (Å²) in [6, 6.07) is 13.0. The van der Waals surface area contributed by atoms with Gasteiger partial charge >= 0.3 is 0 Å². The number of hydrogen-bond donors (Lipinski definition) is 3. The van der Waals surface area contributed by atoms with E-state index in [1.165, 1.54) is 12.1 Å². The van der Waals surface area contributed by atoms with Gasteiger partial charge in [-0.2, -0.15) is 0 Å². The summed E-state index contributed by atoms with van der Waals surface area (Å²) in [7, 11) is 0. The number of amides is 1. The number of rotatable bonds is 6. The van der Waals surface area contributed by atoms with Crippen LogP contribution in [-0.2, 0) is 0 Å². The number of aromatic hydroxyl groups is 1. The van der Waals surface area contributed by atoms with Crippen LogP contribution in [0.2, 0.25) is 0 Å². The van der Waals surface area contributed by atoms with E-state index >= 15 is 0 Å². The molecule has 0 atom stereocenters. The van der Waals surface area contributed by atoms with Crippen molar-refractivity contribution in [2.45, 2.75) is 31.3 Å². The zero-order chi connectivity index (χ0) is 19.3. The lowest BCUT2D eigenvalue weighted by Crippen LogP contribution is -2.46. The number of phenols is 1. The number of para-hydroxylation sites is 1. The minimum Gasteiger partial charge on any atom is -0.508 e. The van der Waals surface area contributed by atoms with E-state index in [2.05, 4.69) is 5.32 Å². The van der Waals surface area contributed by atoms with Gasteiger partial charge in [-0.15, -0.1) is 0 Å². The average molecular weight is 373 g/mol. The molecule has 2 aromatic carbocycles. The maximum Gasteiger partial charge on any atom is 0.254 e. The average Bonchev–Trinajstić information content (AvgIpc) is 2.67. The molecule has 0 heterocycles. The van der Waals surface area contributed by atoms with Crippen LogP contribution in [0.4, 0.5) is 4.39 Å². The largest absolute Gasteiger partial charge is 0.508 e. The Morgan fingerprint density at radius 2 is 1.89 bits per heavy atom. The molecule has 0 saturated heterocycles. The van der Waals surface area contributed by atoms with Crippen LogP contribution in [-0.4, -0.2) is 34.9 Å². The van der Waals surface area contributed by atoms with Gasteiger partial charge in [0, 0.05) is 12.6 Å². The fourth-order valence-corrected chi connectivity index (χ4v) is 3.32. The molecule has 0 aliphatic heterocycles. The second-order valence-corrected chi connectivity index (χ2v) is 7.14. The summed E-state index contributed by atoms with van der Waals surface area (Å²) in [6.45, 7) is 0.670. The van der Waals surface area contributed by atoms with Gasteiger partial charge in [-0.1, -0.05) is 18.2 Å². The molecule has 1 aliphatic rings. The van der Waals surface area contributed by atoms with Gasteiger partial charge < -0.3 is 20.3 Å². The number of hydrogen-bond acceptors (Lipinski definition) is 4. The third-order valence-corrected chi connectivity index (χ3v) is 5.04. The number of carbonyl (C=O) groups excluding carboxylic acids is 1. The first kappa shape index (κ1) is 19.2. The molecule has 5 nitrogen and oxygen atoms in total. The van der Waals surface area contributed by atoms with E-state index in [0.717, 1.165) is 24.7 Å². The molecule has 1 saturated carbocycles. The fraction of sp³-hybridized carbons (Fsp3) is 0.381. The van der Waals surface area contributed by atoms with Gasteiger partial charge in [-0.25, -0.2) is 4.39 Å². The first-order chi connectivity index (χ1) is 13.0. The lowest BCUT2D eigenvalue weighted by molar-refractivity contribution is -0.0130. The molecule has 0 spiro atoms. The van der Waals surface area contributed by atoms with Crippen LogP contribution in [0.15, 0.2) is 48.5 Å². The fourth-order valence-electron chi connectivity index (χ4n) is 3.32. The van der Waals surface area contributed by atoms with Gasteiger partial charge in [0.25, 0.3) is 5.91 Å². The van der Waals surface area contributed by atoms with E-state index in [0.29, 0.717) is 25.4 Å². The van der Waals surface area contributed by atoms with E-state index in [-0.39, 0.29) is 17.9 Å². The van der Waals surface area contributed by atoms with Crippen LogP contribution in [0, 0.1) is 11.7 Å². The second kappa shape index (κ2) is 8.39. The summed E-state index contributed by atoms with van der Waals surface area (Å²) in [5.41, 5.74) is -1.15. The Labute approximate surface area is 157 Å². The summed E-state index contributed by atoms with van der Waals surface area (Å²) < 4.78 is 19.5. The number of halogens is 1. The third-order valence-electron chi connectivity index (χ3n) is 5.04. The van der Waals surface area contributed by atoms with E-state index in [1.807, 2.05) is 30.3 Å². The van der Waals surface area contributed by atoms with Crippen molar-refractivity contribution in [2.24, 2.45) is 5.92 Å². The summed E-state index contributed by atoms with van der Waals surface area (Å²) in [5, 5.41) is 22.5. The van der Waals surface area contributed by atoms with Crippen LogP contribution in [0.5, 0.6) is 11.5 Å². The van der Waals surface area contributed by atoms with Crippen molar-refractivity contribution in [3.05, 3.63) is 59.9 Å². The number of ether oxygens (including phenoxy) is 1. The van der Waals surface area contributed by atoms with Crippen molar-refractivity contribution in [1.82, 2.24) is 5.32 Å². The van der Waals surface area contributed by atoms with Crippen molar-refractivity contribution < 1.29 is 24.1 Å². The Hall–Kier alpha value is -2.60. The van der Waals surface area contributed by atoms with E-state index in [1.54, 1.807) is 0 Å². The lowest BCUT2D eigenvalue weighted by atomic mass is 9.79. The molecule has 1 aliphatic carbocycles. The summed E-state index contributed by atoms with van der Waals surface area (Å²) in [5.74, 6) is -0.437. The number of aliphatic hydroxyl groups is 1. The van der Waals surface area contributed by atoms with Crippen molar-refractivity contribution in [3.8, 4) is 11.5 Å². The van der Waals surface area contributed by atoms with Crippen molar-refractivity contribution in [1.29, 1.82) is 0 Å². The molecule has 6 heteroatoms. The van der Waals surface area contributed by atoms with Gasteiger partial charge in [0.05, 0.1) is 17.8 Å². The van der Waals surface area contributed by atoms with Crippen molar-refractivity contribution in [2.75, 3.05) is 13.2 Å². The highest BCUT2D eigenvalue weighted by molar-refractivity contribution is 5.94. The first-order valence-electron chi connectivity index (χ1n) is 9.12. The summed E-state index contributed by atoms with van der Waals surface area (Å²) in [4.78, 5) is 12.1. The number of phenolic OH excluding ortho intramolecular Hbond substituents is 1. The number of nitrogens with one attached hydrogen (secondary N) is 1. The zero-order valence-electron chi connectivity index (χ0n) is 15.0. The molecule has 0 radical (unpaired) electrons. The maximum atomic E-state index is 13.7. The Morgan fingerprint density at radius 3 is 2.56 bits per heavy atom. The quantitative estimate of drug-likeness (QED) is 0.726. The Kier molecular flexibility index (Phi) is 5.96. The normalized spacial score (nSPS) is 22.2. The van der Waals surface area contributed by atoms with Crippen LogP contribution in [0.3, 0.4) is 0 Å². The highest BCUT2D eigenvalue weighted by atomic mass is 19.1. The minimum absolute atomic E-state index is 0.0679. The van der Waals surface area contributed by atoms with Gasteiger partial charge in [0.15, 0.2) is 0 Å². The maximum absolute atomic E-state index is 13.7. The topological polar surface area (TPSA) is 78.8 Å². The molecule has 2 aromatic rings. The molecule has 27 heavy (non-hydrogen) atoms. The predicted molar refractivity (Wildman–Crippen MR) is 99.2 cm³/mol. The molecule has 3 rings (SSSR count). The first-order valence-corrected chi connectivity index (χ1v) is 9.12.